The first-order valence-corrected chi connectivity index (χ1v) is 6.91. The van der Waals surface area contributed by atoms with Gasteiger partial charge in [-0.05, 0) is 59.2 Å². The molecule has 0 bridgehead atoms. The quantitative estimate of drug-likeness (QED) is 0.933. The zero-order valence-corrected chi connectivity index (χ0v) is 11.5. The zero-order valence-electron chi connectivity index (χ0n) is 9.07. The van der Waals surface area contributed by atoms with E-state index in [0.717, 1.165) is 29.7 Å². The van der Waals surface area contributed by atoms with E-state index in [0.29, 0.717) is 0 Å². The predicted molar refractivity (Wildman–Crippen MR) is 67.7 cm³/mol. The van der Waals surface area contributed by atoms with Crippen molar-refractivity contribution in [3.8, 4) is 0 Å². The first kappa shape index (κ1) is 12.1. The number of carboxylic acids is 1. The number of carboxylic acid groups (broad SMARTS) is 1. The van der Waals surface area contributed by atoms with Crippen molar-refractivity contribution < 1.29 is 9.90 Å². The van der Waals surface area contributed by atoms with Crippen LogP contribution in [0.5, 0.6) is 0 Å². The molecular formula is C11H14BrNO2S. The fourth-order valence-corrected chi connectivity index (χ4v) is 3.36. The third kappa shape index (κ3) is 2.17. The lowest BCUT2D eigenvalue weighted by atomic mass is 9.99. The van der Waals surface area contributed by atoms with Crippen molar-refractivity contribution >= 4 is 33.2 Å². The molecule has 0 aromatic carbocycles. The SMILES string of the molecule is CC1(C(=O)O)CCCN1Cc1csc(Br)c1. The van der Waals surface area contributed by atoms with E-state index in [9.17, 15) is 9.90 Å². The highest BCUT2D eigenvalue weighted by Crippen LogP contribution is 2.32. The molecule has 16 heavy (non-hydrogen) atoms. The molecular weight excluding hydrogens is 290 g/mol. The third-order valence-electron chi connectivity index (χ3n) is 3.25. The van der Waals surface area contributed by atoms with E-state index < -0.39 is 11.5 Å². The van der Waals surface area contributed by atoms with Crippen molar-refractivity contribution in [1.82, 2.24) is 4.90 Å². The van der Waals surface area contributed by atoms with Crippen LogP contribution in [0.1, 0.15) is 25.3 Å². The van der Waals surface area contributed by atoms with E-state index in [1.165, 1.54) is 5.56 Å². The molecule has 1 N–H and O–H groups in total. The van der Waals surface area contributed by atoms with E-state index in [-0.39, 0.29) is 0 Å². The maximum absolute atomic E-state index is 11.3. The van der Waals surface area contributed by atoms with Gasteiger partial charge in [0.25, 0.3) is 0 Å². The molecule has 1 fully saturated rings. The predicted octanol–water partition coefficient (Wildman–Crippen LogP) is 2.95. The number of hydrogen-bond acceptors (Lipinski definition) is 3. The van der Waals surface area contributed by atoms with Gasteiger partial charge >= 0.3 is 5.97 Å². The summed E-state index contributed by atoms with van der Waals surface area (Å²) in [6.45, 7) is 3.42. The summed E-state index contributed by atoms with van der Waals surface area (Å²) in [6.07, 6.45) is 1.71. The maximum Gasteiger partial charge on any atom is 0.323 e. The van der Waals surface area contributed by atoms with Gasteiger partial charge in [-0.3, -0.25) is 9.69 Å². The van der Waals surface area contributed by atoms with Crippen LogP contribution in [0.3, 0.4) is 0 Å². The van der Waals surface area contributed by atoms with Gasteiger partial charge in [0.15, 0.2) is 0 Å². The van der Waals surface area contributed by atoms with Crippen LogP contribution in [-0.2, 0) is 11.3 Å². The maximum atomic E-state index is 11.3. The molecule has 1 aromatic heterocycles. The minimum absolute atomic E-state index is 0.686. The Morgan fingerprint density at radius 3 is 3.06 bits per heavy atom. The van der Waals surface area contributed by atoms with Crippen LogP contribution in [0.2, 0.25) is 0 Å². The molecule has 2 heterocycles. The van der Waals surface area contributed by atoms with Crippen molar-refractivity contribution in [1.29, 1.82) is 0 Å². The van der Waals surface area contributed by atoms with Crippen LogP contribution >= 0.6 is 27.3 Å². The Kier molecular flexibility index (Phi) is 3.37. The van der Waals surface area contributed by atoms with E-state index in [1.54, 1.807) is 11.3 Å². The van der Waals surface area contributed by atoms with Crippen molar-refractivity contribution in [3.63, 3.8) is 0 Å². The Bertz CT molecular complexity index is 406. The molecule has 1 aromatic rings. The monoisotopic (exact) mass is 303 g/mol. The summed E-state index contributed by atoms with van der Waals surface area (Å²) in [5, 5.41) is 11.4. The highest BCUT2D eigenvalue weighted by atomic mass is 79.9. The number of aliphatic carboxylic acids is 1. The van der Waals surface area contributed by atoms with Gasteiger partial charge in [-0.25, -0.2) is 0 Å². The Balaban J connectivity index is 2.12. The average Bonchev–Trinajstić information content (AvgIpc) is 2.76. The van der Waals surface area contributed by atoms with Crippen LogP contribution in [0.15, 0.2) is 15.2 Å². The first-order valence-electron chi connectivity index (χ1n) is 5.24. The molecule has 0 amide bonds. The second-order valence-electron chi connectivity index (χ2n) is 4.36. The van der Waals surface area contributed by atoms with Gasteiger partial charge in [-0.15, -0.1) is 11.3 Å². The standard InChI is InChI=1S/C11H14BrNO2S/c1-11(10(14)15)3-2-4-13(11)6-8-5-9(12)16-7-8/h5,7H,2-4,6H2,1H3,(H,14,15). The Morgan fingerprint density at radius 2 is 2.50 bits per heavy atom. The largest absolute Gasteiger partial charge is 0.480 e. The zero-order chi connectivity index (χ0) is 11.8. The second kappa shape index (κ2) is 4.47. The minimum atomic E-state index is -0.709. The fraction of sp³-hybridized carbons (Fsp3) is 0.545. The van der Waals surface area contributed by atoms with Crippen LogP contribution in [0.25, 0.3) is 0 Å². The van der Waals surface area contributed by atoms with E-state index in [1.807, 2.05) is 6.92 Å². The number of halogens is 1. The van der Waals surface area contributed by atoms with Gasteiger partial charge in [0, 0.05) is 6.54 Å². The number of rotatable bonds is 3. The molecule has 1 saturated heterocycles. The number of likely N-dealkylation sites (tertiary alicyclic amines) is 1. The molecule has 0 saturated carbocycles. The van der Waals surface area contributed by atoms with Crippen LogP contribution in [-0.4, -0.2) is 28.1 Å². The summed E-state index contributed by atoms with van der Waals surface area (Å²) >= 11 is 5.06. The molecule has 2 rings (SSSR count). The molecule has 1 atom stereocenters. The number of thiophene rings is 1. The Hall–Kier alpha value is -0.390. The van der Waals surface area contributed by atoms with Gasteiger partial charge in [0.1, 0.15) is 5.54 Å². The van der Waals surface area contributed by atoms with Crippen molar-refractivity contribution in [3.05, 3.63) is 20.8 Å². The number of carbonyl (C=O) groups is 1. The van der Waals surface area contributed by atoms with Crippen LogP contribution in [0.4, 0.5) is 0 Å². The fourth-order valence-electron chi connectivity index (χ4n) is 2.16. The summed E-state index contributed by atoms with van der Waals surface area (Å²) in [6, 6.07) is 2.06. The molecule has 88 valence electrons. The Labute approximate surface area is 107 Å². The van der Waals surface area contributed by atoms with E-state index in [4.69, 9.17) is 0 Å². The van der Waals surface area contributed by atoms with Crippen LogP contribution in [0, 0.1) is 0 Å². The lowest BCUT2D eigenvalue weighted by molar-refractivity contribution is -0.148. The topological polar surface area (TPSA) is 40.5 Å². The van der Waals surface area contributed by atoms with Gasteiger partial charge in [0.05, 0.1) is 3.79 Å². The smallest absolute Gasteiger partial charge is 0.323 e. The van der Waals surface area contributed by atoms with Crippen molar-refractivity contribution in [2.24, 2.45) is 0 Å². The highest BCUT2D eigenvalue weighted by molar-refractivity contribution is 9.11. The Morgan fingerprint density at radius 1 is 1.75 bits per heavy atom. The highest BCUT2D eigenvalue weighted by Gasteiger charge is 2.43. The molecule has 1 aliphatic heterocycles. The van der Waals surface area contributed by atoms with E-state index in [2.05, 4.69) is 32.3 Å². The summed E-state index contributed by atoms with van der Waals surface area (Å²) in [5.74, 6) is -0.709. The van der Waals surface area contributed by atoms with Gasteiger partial charge in [-0.2, -0.15) is 0 Å². The normalized spacial score (nSPS) is 26.1. The lowest BCUT2D eigenvalue weighted by Gasteiger charge is -2.30. The summed E-state index contributed by atoms with van der Waals surface area (Å²) in [7, 11) is 0. The summed E-state index contributed by atoms with van der Waals surface area (Å²) in [4.78, 5) is 13.3. The first-order chi connectivity index (χ1) is 7.52. The molecule has 3 nitrogen and oxygen atoms in total. The lowest BCUT2D eigenvalue weighted by Crippen LogP contribution is -2.47. The van der Waals surface area contributed by atoms with Crippen LogP contribution < -0.4 is 0 Å². The molecule has 0 radical (unpaired) electrons. The molecule has 1 aliphatic rings. The number of nitrogens with zero attached hydrogens (tertiary/aromatic N) is 1. The van der Waals surface area contributed by atoms with Gasteiger partial charge < -0.3 is 5.11 Å². The average molecular weight is 304 g/mol. The third-order valence-corrected chi connectivity index (χ3v) is 4.80. The second-order valence-corrected chi connectivity index (χ2v) is 6.65. The van der Waals surface area contributed by atoms with Gasteiger partial charge in [0.2, 0.25) is 0 Å². The summed E-state index contributed by atoms with van der Waals surface area (Å²) in [5.41, 5.74) is 0.500. The molecule has 5 heteroatoms. The molecule has 0 spiro atoms. The van der Waals surface area contributed by atoms with Crippen molar-refractivity contribution in [2.45, 2.75) is 31.8 Å². The summed E-state index contributed by atoms with van der Waals surface area (Å²) < 4.78 is 1.10. The number of hydrogen-bond donors (Lipinski definition) is 1. The minimum Gasteiger partial charge on any atom is -0.480 e. The van der Waals surface area contributed by atoms with E-state index >= 15 is 0 Å². The van der Waals surface area contributed by atoms with Crippen molar-refractivity contribution in [2.75, 3.05) is 6.54 Å². The van der Waals surface area contributed by atoms with Gasteiger partial charge in [-0.1, -0.05) is 0 Å². The molecule has 1 unspecified atom stereocenters. The molecule has 0 aliphatic carbocycles.